The van der Waals surface area contributed by atoms with E-state index in [0.717, 1.165) is 24.3 Å². The minimum atomic E-state index is -0.308. The van der Waals surface area contributed by atoms with Gasteiger partial charge < -0.3 is 5.11 Å². The molecule has 0 aromatic heterocycles. The molecule has 0 unspecified atom stereocenters. The van der Waals surface area contributed by atoms with Gasteiger partial charge in [0.05, 0.1) is 6.10 Å². The number of hydrogen-bond acceptors (Lipinski definition) is 1. The summed E-state index contributed by atoms with van der Waals surface area (Å²) in [5.74, 6) is 1.24. The molecule has 0 spiro atoms. The van der Waals surface area contributed by atoms with Gasteiger partial charge in [0.1, 0.15) is 0 Å². The van der Waals surface area contributed by atoms with Gasteiger partial charge >= 0.3 is 0 Å². The molecule has 2 rings (SSSR count). The van der Waals surface area contributed by atoms with E-state index < -0.39 is 0 Å². The Labute approximate surface area is 131 Å². The number of aliphatic hydroxyl groups is 1. The normalized spacial score (nSPS) is 38.0. The number of allylic oxidation sites excluding steroid dienone is 2. The fourth-order valence-electron chi connectivity index (χ4n) is 5.31. The third-order valence-corrected chi connectivity index (χ3v) is 6.76. The van der Waals surface area contributed by atoms with E-state index in [1.165, 1.54) is 31.3 Å². The van der Waals surface area contributed by atoms with Crippen molar-refractivity contribution in [2.45, 2.75) is 79.2 Å². The number of hydrogen-bond donors (Lipinski definition) is 1. The van der Waals surface area contributed by atoms with Gasteiger partial charge in [0, 0.05) is 0 Å². The Bertz CT molecular complexity index is 431. The van der Waals surface area contributed by atoms with E-state index in [1.54, 1.807) is 0 Å². The molecule has 2 aliphatic carbocycles. The van der Waals surface area contributed by atoms with Crippen molar-refractivity contribution < 1.29 is 5.11 Å². The zero-order valence-electron chi connectivity index (χ0n) is 14.7. The Morgan fingerprint density at radius 2 is 2.05 bits per heavy atom. The molecule has 0 bridgehead atoms. The van der Waals surface area contributed by atoms with Gasteiger partial charge in [-0.25, -0.2) is 0 Å². The molecule has 2 aliphatic rings. The molecule has 1 heteroatoms. The molecule has 0 aliphatic heterocycles. The van der Waals surface area contributed by atoms with E-state index in [-0.39, 0.29) is 6.10 Å². The maximum Gasteiger partial charge on any atom is 0.0753 e. The van der Waals surface area contributed by atoms with Crippen LogP contribution in [0.3, 0.4) is 0 Å². The average Bonchev–Trinajstić information content (AvgIpc) is 2.40. The minimum absolute atomic E-state index is 0.308. The monoisotopic (exact) mass is 290 g/mol. The second kappa shape index (κ2) is 5.91. The van der Waals surface area contributed by atoms with Crippen LogP contribution >= 0.6 is 0 Å². The van der Waals surface area contributed by atoms with Gasteiger partial charge in [0.15, 0.2) is 0 Å². The van der Waals surface area contributed by atoms with E-state index in [0.29, 0.717) is 16.7 Å². The third kappa shape index (κ3) is 2.99. The van der Waals surface area contributed by atoms with Gasteiger partial charge in [0.25, 0.3) is 0 Å². The van der Waals surface area contributed by atoms with Crippen LogP contribution in [-0.4, -0.2) is 11.2 Å². The first-order valence-electron chi connectivity index (χ1n) is 8.71. The summed E-state index contributed by atoms with van der Waals surface area (Å²) < 4.78 is 0. The number of rotatable bonds is 3. The Morgan fingerprint density at radius 3 is 2.67 bits per heavy atom. The maximum atomic E-state index is 10.5. The average molecular weight is 290 g/mol. The summed E-state index contributed by atoms with van der Waals surface area (Å²) in [6.07, 6.45) is 9.00. The van der Waals surface area contributed by atoms with Crippen LogP contribution in [0.5, 0.6) is 0 Å². The van der Waals surface area contributed by atoms with Crippen LogP contribution in [0.4, 0.5) is 0 Å². The smallest absolute Gasteiger partial charge is 0.0753 e. The van der Waals surface area contributed by atoms with E-state index in [2.05, 4.69) is 27.4 Å². The summed E-state index contributed by atoms with van der Waals surface area (Å²) in [5, 5.41) is 10.5. The lowest BCUT2D eigenvalue weighted by atomic mass is 9.47. The molecule has 1 N–H and O–H groups in total. The molecule has 0 aromatic carbocycles. The van der Waals surface area contributed by atoms with Crippen LogP contribution in [0, 0.1) is 22.7 Å². The molecule has 1 nitrogen and oxygen atoms in total. The first-order chi connectivity index (χ1) is 9.72. The van der Waals surface area contributed by atoms with Crippen LogP contribution in [-0.2, 0) is 0 Å². The molecule has 0 saturated heterocycles. The quantitative estimate of drug-likeness (QED) is 0.680. The standard InChI is InChI=1S/C20H34O/c1-7-14(2)17(21)13-16-15(3)9-10-18-19(4,5)11-8-12-20(16,18)6/h7,16-18,21H,3,8-13H2,1-2,4-6H3/b14-7+/t16-,17+,18-,20+/m0/s1. The predicted molar refractivity (Wildman–Crippen MR) is 91.1 cm³/mol. The topological polar surface area (TPSA) is 20.2 Å². The lowest BCUT2D eigenvalue weighted by molar-refractivity contribution is -0.0612. The van der Waals surface area contributed by atoms with Crippen molar-refractivity contribution in [2.24, 2.45) is 22.7 Å². The van der Waals surface area contributed by atoms with Gasteiger partial charge in [-0.2, -0.15) is 0 Å². The lowest BCUT2D eigenvalue weighted by Gasteiger charge is -2.58. The summed E-state index contributed by atoms with van der Waals surface area (Å²) >= 11 is 0. The maximum absolute atomic E-state index is 10.5. The van der Waals surface area contributed by atoms with Crippen molar-refractivity contribution in [3.8, 4) is 0 Å². The molecule has 120 valence electrons. The predicted octanol–water partition coefficient (Wildman–Crippen LogP) is 5.50. The summed E-state index contributed by atoms with van der Waals surface area (Å²) in [5.41, 5.74) is 3.25. The molecular weight excluding hydrogens is 256 g/mol. The van der Waals surface area contributed by atoms with E-state index in [4.69, 9.17) is 0 Å². The van der Waals surface area contributed by atoms with Gasteiger partial charge in [-0.3, -0.25) is 0 Å². The summed E-state index contributed by atoms with van der Waals surface area (Å²) in [6, 6.07) is 0. The van der Waals surface area contributed by atoms with E-state index in [1.807, 2.05) is 19.9 Å². The summed E-state index contributed by atoms with van der Waals surface area (Å²) in [7, 11) is 0. The highest BCUT2D eigenvalue weighted by molar-refractivity contribution is 5.18. The summed E-state index contributed by atoms with van der Waals surface area (Å²) in [4.78, 5) is 0. The van der Waals surface area contributed by atoms with E-state index in [9.17, 15) is 5.11 Å². The Morgan fingerprint density at radius 1 is 1.38 bits per heavy atom. The highest BCUT2D eigenvalue weighted by Crippen LogP contribution is 2.61. The van der Waals surface area contributed by atoms with Crippen molar-refractivity contribution in [3.63, 3.8) is 0 Å². The Balaban J connectivity index is 2.27. The fourth-order valence-corrected chi connectivity index (χ4v) is 5.31. The zero-order chi connectivity index (χ0) is 15.8. The number of fused-ring (bicyclic) bond motifs is 1. The molecule has 21 heavy (non-hydrogen) atoms. The lowest BCUT2D eigenvalue weighted by Crippen LogP contribution is -2.50. The fraction of sp³-hybridized carbons (Fsp3) is 0.800. The largest absolute Gasteiger partial charge is 0.389 e. The molecule has 2 saturated carbocycles. The van der Waals surface area contributed by atoms with Crippen molar-refractivity contribution in [1.29, 1.82) is 0 Å². The van der Waals surface area contributed by atoms with Crippen LogP contribution < -0.4 is 0 Å². The molecule has 0 radical (unpaired) electrons. The van der Waals surface area contributed by atoms with Gasteiger partial charge in [-0.15, -0.1) is 0 Å². The summed E-state index contributed by atoms with van der Waals surface area (Å²) in [6.45, 7) is 15.8. The van der Waals surface area contributed by atoms with E-state index >= 15 is 0 Å². The van der Waals surface area contributed by atoms with Gasteiger partial charge in [0.2, 0.25) is 0 Å². The molecule has 0 amide bonds. The molecule has 0 heterocycles. The zero-order valence-corrected chi connectivity index (χ0v) is 14.7. The first-order valence-corrected chi connectivity index (χ1v) is 8.71. The molecule has 0 aromatic rings. The van der Waals surface area contributed by atoms with Crippen molar-refractivity contribution in [2.75, 3.05) is 0 Å². The third-order valence-electron chi connectivity index (χ3n) is 6.76. The van der Waals surface area contributed by atoms with Crippen LogP contribution in [0.15, 0.2) is 23.8 Å². The van der Waals surface area contributed by atoms with Gasteiger partial charge in [-0.05, 0) is 74.2 Å². The van der Waals surface area contributed by atoms with Gasteiger partial charge in [-0.1, -0.05) is 45.4 Å². The minimum Gasteiger partial charge on any atom is -0.389 e. The second-order valence-electron chi connectivity index (χ2n) is 8.43. The highest BCUT2D eigenvalue weighted by Gasteiger charge is 2.52. The van der Waals surface area contributed by atoms with Crippen molar-refractivity contribution in [3.05, 3.63) is 23.8 Å². The second-order valence-corrected chi connectivity index (χ2v) is 8.43. The Kier molecular flexibility index (Phi) is 4.73. The van der Waals surface area contributed by atoms with Crippen LogP contribution in [0.1, 0.15) is 73.1 Å². The van der Waals surface area contributed by atoms with Crippen molar-refractivity contribution >= 4 is 0 Å². The first kappa shape index (κ1) is 16.8. The highest BCUT2D eigenvalue weighted by atomic mass is 16.3. The SMILES string of the molecule is C=C1CC[C@H]2C(C)(C)CCC[C@]2(C)[C@H]1C[C@@H](O)/C(C)=C/C. The van der Waals surface area contributed by atoms with Crippen LogP contribution in [0.2, 0.25) is 0 Å². The van der Waals surface area contributed by atoms with Crippen LogP contribution in [0.25, 0.3) is 0 Å². The molecule has 4 atom stereocenters. The molecule has 2 fully saturated rings. The van der Waals surface area contributed by atoms with Crippen molar-refractivity contribution in [1.82, 2.24) is 0 Å². The number of aliphatic hydroxyl groups excluding tert-OH is 1. The molecular formula is C20H34O. The Hall–Kier alpha value is -0.560.